The van der Waals surface area contributed by atoms with Crippen LogP contribution >= 0.6 is 0 Å². The highest BCUT2D eigenvalue weighted by molar-refractivity contribution is 5.84. The maximum Gasteiger partial charge on any atom is 0.0630 e. The topological polar surface area (TPSA) is 15.6 Å². The molecule has 1 saturated heterocycles. The summed E-state index contributed by atoms with van der Waals surface area (Å²) in [6, 6.07) is 15.2. The fourth-order valence-electron chi connectivity index (χ4n) is 2.94. The van der Waals surface area contributed by atoms with Gasteiger partial charge in [0.2, 0.25) is 0 Å². The molecule has 0 atom stereocenters. The Kier molecular flexibility index (Phi) is 4.57. The number of nitrogens with zero attached hydrogens (tertiary/aromatic N) is 2. The molecule has 2 nitrogen and oxygen atoms in total. The van der Waals surface area contributed by atoms with Crippen LogP contribution in [-0.4, -0.2) is 19.3 Å². The third-order valence-electron chi connectivity index (χ3n) is 4.42. The van der Waals surface area contributed by atoms with Crippen LogP contribution in [0.15, 0.2) is 47.5 Å². The molecule has 2 heteroatoms. The number of benzene rings is 2. The summed E-state index contributed by atoms with van der Waals surface area (Å²) in [4.78, 5) is 7.07. The Morgan fingerprint density at radius 2 is 1.77 bits per heavy atom. The van der Waals surface area contributed by atoms with Crippen LogP contribution in [0.4, 0.5) is 11.4 Å². The van der Waals surface area contributed by atoms with Crippen LogP contribution in [0.25, 0.3) is 0 Å². The van der Waals surface area contributed by atoms with Crippen molar-refractivity contribution in [1.82, 2.24) is 0 Å². The molecule has 2 aromatic carbocycles. The molecular formula is C20H24N2. The highest BCUT2D eigenvalue weighted by Gasteiger charge is 2.12. The molecule has 0 bridgehead atoms. The average Bonchev–Trinajstić information content (AvgIpc) is 3.08. The van der Waals surface area contributed by atoms with Crippen LogP contribution < -0.4 is 4.90 Å². The third-order valence-corrected chi connectivity index (χ3v) is 4.42. The standard InChI is InChI=1S/C20H24N2/c1-3-17-6-9-19(10-7-17)21-15-18-8-11-20(14-16(18)2)22-12-4-5-13-22/h6-11,14-15H,3-5,12-13H2,1-2H3. The molecule has 0 radical (unpaired) electrons. The van der Waals surface area contributed by atoms with Crippen molar-refractivity contribution in [2.45, 2.75) is 33.1 Å². The molecule has 1 fully saturated rings. The second-order valence-electron chi connectivity index (χ2n) is 6.01. The van der Waals surface area contributed by atoms with Crippen LogP contribution in [0, 0.1) is 6.92 Å². The molecule has 0 N–H and O–H groups in total. The summed E-state index contributed by atoms with van der Waals surface area (Å²) in [5.74, 6) is 0. The van der Waals surface area contributed by atoms with Crippen molar-refractivity contribution >= 4 is 17.6 Å². The van der Waals surface area contributed by atoms with E-state index in [0.29, 0.717) is 0 Å². The van der Waals surface area contributed by atoms with E-state index in [-0.39, 0.29) is 0 Å². The molecule has 0 aromatic heterocycles. The zero-order valence-electron chi connectivity index (χ0n) is 13.5. The number of hydrogen-bond acceptors (Lipinski definition) is 2. The highest BCUT2D eigenvalue weighted by atomic mass is 15.1. The molecule has 1 aliphatic heterocycles. The number of anilines is 1. The van der Waals surface area contributed by atoms with Gasteiger partial charge in [-0.15, -0.1) is 0 Å². The zero-order valence-corrected chi connectivity index (χ0v) is 13.5. The van der Waals surface area contributed by atoms with Gasteiger partial charge in [0, 0.05) is 25.0 Å². The highest BCUT2D eigenvalue weighted by Crippen LogP contribution is 2.23. The van der Waals surface area contributed by atoms with Gasteiger partial charge in [0.1, 0.15) is 0 Å². The number of rotatable bonds is 4. The van der Waals surface area contributed by atoms with E-state index >= 15 is 0 Å². The molecule has 0 unspecified atom stereocenters. The van der Waals surface area contributed by atoms with Gasteiger partial charge in [-0.05, 0) is 67.1 Å². The van der Waals surface area contributed by atoms with Gasteiger partial charge in [0.05, 0.1) is 5.69 Å². The Morgan fingerprint density at radius 1 is 1.05 bits per heavy atom. The molecule has 0 spiro atoms. The van der Waals surface area contributed by atoms with Crippen molar-refractivity contribution < 1.29 is 0 Å². The van der Waals surface area contributed by atoms with Gasteiger partial charge in [0.15, 0.2) is 0 Å². The van der Waals surface area contributed by atoms with E-state index in [1.807, 2.05) is 6.21 Å². The molecule has 114 valence electrons. The van der Waals surface area contributed by atoms with Gasteiger partial charge in [-0.1, -0.05) is 25.1 Å². The second kappa shape index (κ2) is 6.78. The van der Waals surface area contributed by atoms with Crippen LogP contribution in [0.1, 0.15) is 36.5 Å². The van der Waals surface area contributed by atoms with Crippen LogP contribution in [-0.2, 0) is 6.42 Å². The Morgan fingerprint density at radius 3 is 2.41 bits per heavy atom. The summed E-state index contributed by atoms with van der Waals surface area (Å²) in [6.07, 6.45) is 5.68. The van der Waals surface area contributed by atoms with Crippen LogP contribution in [0.2, 0.25) is 0 Å². The minimum atomic E-state index is 1.01. The maximum absolute atomic E-state index is 4.60. The summed E-state index contributed by atoms with van der Waals surface area (Å²) in [5, 5.41) is 0. The lowest BCUT2D eigenvalue weighted by molar-refractivity contribution is 0.949. The monoisotopic (exact) mass is 292 g/mol. The van der Waals surface area contributed by atoms with E-state index in [0.717, 1.165) is 12.1 Å². The molecule has 22 heavy (non-hydrogen) atoms. The fourth-order valence-corrected chi connectivity index (χ4v) is 2.94. The van der Waals surface area contributed by atoms with E-state index < -0.39 is 0 Å². The van der Waals surface area contributed by atoms with E-state index in [4.69, 9.17) is 0 Å². The molecule has 0 saturated carbocycles. The lowest BCUT2D eigenvalue weighted by Crippen LogP contribution is -2.17. The van der Waals surface area contributed by atoms with E-state index in [9.17, 15) is 0 Å². The molecule has 3 rings (SSSR count). The first-order valence-corrected chi connectivity index (χ1v) is 8.25. The van der Waals surface area contributed by atoms with Crippen molar-refractivity contribution in [3.63, 3.8) is 0 Å². The first-order valence-electron chi connectivity index (χ1n) is 8.25. The maximum atomic E-state index is 4.60. The average molecular weight is 292 g/mol. The summed E-state index contributed by atoms with van der Waals surface area (Å²) in [6.45, 7) is 6.72. The predicted molar refractivity (Wildman–Crippen MR) is 95.7 cm³/mol. The third kappa shape index (κ3) is 3.38. The van der Waals surface area contributed by atoms with Crippen molar-refractivity contribution in [3.05, 3.63) is 59.2 Å². The minimum Gasteiger partial charge on any atom is -0.372 e. The molecule has 1 heterocycles. The van der Waals surface area contributed by atoms with Crippen molar-refractivity contribution in [3.8, 4) is 0 Å². The van der Waals surface area contributed by atoms with Gasteiger partial charge < -0.3 is 4.90 Å². The van der Waals surface area contributed by atoms with E-state index in [2.05, 4.69) is 66.2 Å². The summed E-state index contributed by atoms with van der Waals surface area (Å²) >= 11 is 0. The first-order chi connectivity index (χ1) is 10.8. The zero-order chi connectivity index (χ0) is 15.4. The lowest BCUT2D eigenvalue weighted by Gasteiger charge is -2.18. The van der Waals surface area contributed by atoms with Gasteiger partial charge in [-0.25, -0.2) is 0 Å². The normalized spacial score (nSPS) is 14.9. The van der Waals surface area contributed by atoms with Gasteiger partial charge in [-0.3, -0.25) is 4.99 Å². The smallest absolute Gasteiger partial charge is 0.0630 e. The SMILES string of the molecule is CCc1ccc(N=Cc2ccc(N3CCCC3)cc2C)cc1. The van der Waals surface area contributed by atoms with Crippen LogP contribution in [0.3, 0.4) is 0 Å². The molecule has 0 aliphatic carbocycles. The molecule has 0 amide bonds. The largest absolute Gasteiger partial charge is 0.372 e. The summed E-state index contributed by atoms with van der Waals surface area (Å²) in [7, 11) is 0. The number of aryl methyl sites for hydroxylation is 2. The quantitative estimate of drug-likeness (QED) is 0.731. The number of aliphatic imine (C=N–C) groups is 1. The molecular weight excluding hydrogens is 268 g/mol. The van der Waals surface area contributed by atoms with Crippen molar-refractivity contribution in [2.75, 3.05) is 18.0 Å². The first kappa shape index (κ1) is 14.8. The van der Waals surface area contributed by atoms with Crippen molar-refractivity contribution in [1.29, 1.82) is 0 Å². The Hall–Kier alpha value is -2.09. The second-order valence-corrected chi connectivity index (χ2v) is 6.01. The van der Waals surface area contributed by atoms with Gasteiger partial charge >= 0.3 is 0 Å². The van der Waals surface area contributed by atoms with Crippen LogP contribution in [0.5, 0.6) is 0 Å². The van der Waals surface area contributed by atoms with Gasteiger partial charge in [0.25, 0.3) is 0 Å². The Bertz CT molecular complexity index is 650. The molecule has 1 aliphatic rings. The van der Waals surface area contributed by atoms with Gasteiger partial charge in [-0.2, -0.15) is 0 Å². The lowest BCUT2D eigenvalue weighted by atomic mass is 10.1. The van der Waals surface area contributed by atoms with E-state index in [1.54, 1.807) is 0 Å². The summed E-state index contributed by atoms with van der Waals surface area (Å²) in [5.41, 5.74) is 6.20. The minimum absolute atomic E-state index is 1.01. The summed E-state index contributed by atoms with van der Waals surface area (Å²) < 4.78 is 0. The predicted octanol–water partition coefficient (Wildman–Crippen LogP) is 4.91. The molecule has 2 aromatic rings. The van der Waals surface area contributed by atoms with E-state index in [1.165, 1.54) is 48.3 Å². The fraction of sp³-hybridized carbons (Fsp3) is 0.350. The Balaban J connectivity index is 1.75. The van der Waals surface area contributed by atoms with Crippen molar-refractivity contribution in [2.24, 2.45) is 4.99 Å². The number of hydrogen-bond donors (Lipinski definition) is 0. The Labute approximate surface area is 133 Å².